The maximum atomic E-state index is 13.2. The SMILES string of the molecule is C=Cc1cc(CN(Cc2cccc(C(F)(F)F)c2)c2nnn(C)n2)c(NCC)nc1/C=C\C. The summed E-state index contributed by atoms with van der Waals surface area (Å²) in [6, 6.07) is 7.19. The number of pyridine rings is 1. The second-order valence-corrected chi connectivity index (χ2v) is 7.34. The van der Waals surface area contributed by atoms with Crippen molar-refractivity contribution in [3.63, 3.8) is 0 Å². The first-order valence-electron chi connectivity index (χ1n) is 10.4. The number of allylic oxidation sites excluding steroid dienone is 1. The molecule has 0 spiro atoms. The predicted octanol–water partition coefficient (Wildman–Crippen LogP) is 4.94. The Morgan fingerprint density at radius 3 is 2.61 bits per heavy atom. The fraction of sp³-hybridized carbons (Fsp3) is 0.304. The van der Waals surface area contributed by atoms with Gasteiger partial charge in [0.05, 0.1) is 18.3 Å². The molecular formula is C23H26F3N7. The molecule has 0 bridgehead atoms. The Morgan fingerprint density at radius 2 is 2.00 bits per heavy atom. The molecule has 10 heteroatoms. The quantitative estimate of drug-likeness (QED) is 0.491. The number of aromatic nitrogens is 5. The smallest absolute Gasteiger partial charge is 0.370 e. The van der Waals surface area contributed by atoms with Gasteiger partial charge in [0.15, 0.2) is 0 Å². The maximum Gasteiger partial charge on any atom is 0.416 e. The van der Waals surface area contributed by atoms with Gasteiger partial charge in [0, 0.05) is 30.8 Å². The van der Waals surface area contributed by atoms with Crippen molar-refractivity contribution in [2.75, 3.05) is 16.8 Å². The Balaban J connectivity index is 2.02. The van der Waals surface area contributed by atoms with E-state index in [9.17, 15) is 13.2 Å². The van der Waals surface area contributed by atoms with E-state index in [4.69, 9.17) is 4.98 Å². The van der Waals surface area contributed by atoms with E-state index in [-0.39, 0.29) is 6.54 Å². The number of hydrogen-bond donors (Lipinski definition) is 1. The molecule has 1 aromatic carbocycles. The van der Waals surface area contributed by atoms with Gasteiger partial charge in [0.1, 0.15) is 5.82 Å². The van der Waals surface area contributed by atoms with E-state index in [0.29, 0.717) is 30.4 Å². The van der Waals surface area contributed by atoms with Gasteiger partial charge in [-0.1, -0.05) is 36.0 Å². The zero-order valence-corrected chi connectivity index (χ0v) is 18.8. The Kier molecular flexibility index (Phi) is 7.47. The van der Waals surface area contributed by atoms with Crippen molar-refractivity contribution < 1.29 is 13.2 Å². The van der Waals surface area contributed by atoms with Crippen LogP contribution in [0.15, 0.2) is 43.0 Å². The van der Waals surface area contributed by atoms with Gasteiger partial charge in [-0.3, -0.25) is 0 Å². The molecule has 0 unspecified atom stereocenters. The fourth-order valence-electron chi connectivity index (χ4n) is 3.35. The van der Waals surface area contributed by atoms with Gasteiger partial charge in [0.25, 0.3) is 5.95 Å². The number of benzene rings is 1. The van der Waals surface area contributed by atoms with Crippen LogP contribution < -0.4 is 10.2 Å². The van der Waals surface area contributed by atoms with Crippen LogP contribution in [0.4, 0.5) is 24.9 Å². The number of halogens is 3. The molecule has 7 nitrogen and oxygen atoms in total. The first-order valence-corrected chi connectivity index (χ1v) is 10.4. The summed E-state index contributed by atoms with van der Waals surface area (Å²) >= 11 is 0. The number of hydrogen-bond acceptors (Lipinski definition) is 6. The lowest BCUT2D eigenvalue weighted by Crippen LogP contribution is -2.25. The molecule has 0 saturated carbocycles. The van der Waals surface area contributed by atoms with Crippen LogP contribution in [0.1, 0.15) is 41.8 Å². The van der Waals surface area contributed by atoms with Crippen LogP contribution in [0.3, 0.4) is 0 Å². The number of aryl methyl sites for hydroxylation is 1. The van der Waals surface area contributed by atoms with Gasteiger partial charge < -0.3 is 10.2 Å². The molecule has 3 rings (SSSR count). The van der Waals surface area contributed by atoms with Crippen LogP contribution in [0, 0.1) is 0 Å². The van der Waals surface area contributed by atoms with Gasteiger partial charge in [-0.05, 0) is 48.9 Å². The number of tetrazole rings is 1. The average Bonchev–Trinajstić information content (AvgIpc) is 3.21. The van der Waals surface area contributed by atoms with Gasteiger partial charge in [-0.2, -0.15) is 18.0 Å². The van der Waals surface area contributed by atoms with Crippen molar-refractivity contribution >= 4 is 23.9 Å². The second kappa shape index (κ2) is 10.3. The normalized spacial score (nSPS) is 11.7. The van der Waals surface area contributed by atoms with E-state index in [1.807, 2.05) is 32.1 Å². The largest absolute Gasteiger partial charge is 0.416 e. The van der Waals surface area contributed by atoms with Crippen molar-refractivity contribution in [2.45, 2.75) is 33.1 Å². The van der Waals surface area contributed by atoms with Crippen LogP contribution in [0.25, 0.3) is 12.2 Å². The van der Waals surface area contributed by atoms with Crippen molar-refractivity contribution in [1.82, 2.24) is 25.2 Å². The van der Waals surface area contributed by atoms with E-state index in [1.165, 1.54) is 10.9 Å². The van der Waals surface area contributed by atoms with E-state index in [2.05, 4.69) is 27.3 Å². The van der Waals surface area contributed by atoms with E-state index in [0.717, 1.165) is 29.0 Å². The highest BCUT2D eigenvalue weighted by Gasteiger charge is 2.30. The highest BCUT2D eigenvalue weighted by molar-refractivity contribution is 5.66. The van der Waals surface area contributed by atoms with Gasteiger partial charge in [0.2, 0.25) is 0 Å². The molecule has 0 aliphatic carbocycles. The fourth-order valence-corrected chi connectivity index (χ4v) is 3.35. The molecule has 2 heterocycles. The zero-order valence-electron chi connectivity index (χ0n) is 18.8. The molecule has 3 aromatic rings. The van der Waals surface area contributed by atoms with Crippen molar-refractivity contribution in [3.8, 4) is 0 Å². The van der Waals surface area contributed by atoms with Crippen molar-refractivity contribution in [1.29, 1.82) is 0 Å². The molecule has 0 fully saturated rings. The first kappa shape index (κ1) is 24.0. The average molecular weight is 458 g/mol. The molecule has 174 valence electrons. The highest BCUT2D eigenvalue weighted by Crippen LogP contribution is 2.30. The van der Waals surface area contributed by atoms with Gasteiger partial charge in [-0.25, -0.2) is 4.98 Å². The highest BCUT2D eigenvalue weighted by atomic mass is 19.4. The summed E-state index contributed by atoms with van der Waals surface area (Å²) < 4.78 is 39.7. The summed E-state index contributed by atoms with van der Waals surface area (Å²) in [5.41, 5.74) is 2.22. The third kappa shape index (κ3) is 5.97. The number of nitrogens with one attached hydrogen (secondary N) is 1. The van der Waals surface area contributed by atoms with Crippen LogP contribution in [0.2, 0.25) is 0 Å². The molecule has 0 aliphatic rings. The molecular weight excluding hydrogens is 431 g/mol. The van der Waals surface area contributed by atoms with Crippen LogP contribution in [-0.4, -0.2) is 31.7 Å². The standard InChI is InChI=1S/C23H26F3N7/c1-5-9-20-17(6-2)13-18(21(28-20)27-7-3)15-33(22-29-31-32(4)30-22)14-16-10-8-11-19(12-16)23(24,25)26/h5-6,8-13H,2,7,14-15H2,1,3-4H3,(H,27,28)/b9-5-. The van der Waals surface area contributed by atoms with Crippen molar-refractivity contribution in [3.05, 3.63) is 70.9 Å². The third-order valence-electron chi connectivity index (χ3n) is 4.82. The molecule has 0 amide bonds. The molecule has 0 saturated heterocycles. The molecule has 2 aromatic heterocycles. The Labute approximate surface area is 190 Å². The Hall–Kier alpha value is -3.69. The topological polar surface area (TPSA) is 71.8 Å². The minimum atomic E-state index is -4.42. The summed E-state index contributed by atoms with van der Waals surface area (Å²) in [6.07, 6.45) is 1.09. The van der Waals surface area contributed by atoms with E-state index < -0.39 is 11.7 Å². The number of rotatable bonds is 9. The summed E-state index contributed by atoms with van der Waals surface area (Å²) in [7, 11) is 1.63. The van der Waals surface area contributed by atoms with Gasteiger partial charge >= 0.3 is 6.18 Å². The minimum Gasteiger partial charge on any atom is -0.370 e. The number of alkyl halides is 3. The summed E-state index contributed by atoms with van der Waals surface area (Å²) in [5, 5.41) is 15.5. The molecule has 0 atom stereocenters. The van der Waals surface area contributed by atoms with E-state index in [1.54, 1.807) is 24.1 Å². The predicted molar refractivity (Wildman–Crippen MR) is 123 cm³/mol. The summed E-state index contributed by atoms with van der Waals surface area (Å²) in [4.78, 5) is 7.80. The van der Waals surface area contributed by atoms with E-state index >= 15 is 0 Å². The lowest BCUT2D eigenvalue weighted by Gasteiger charge is -2.23. The third-order valence-corrected chi connectivity index (χ3v) is 4.82. The first-order chi connectivity index (χ1) is 15.7. The molecule has 0 aliphatic heterocycles. The van der Waals surface area contributed by atoms with Gasteiger partial charge in [-0.15, -0.1) is 5.10 Å². The molecule has 33 heavy (non-hydrogen) atoms. The molecule has 0 radical (unpaired) electrons. The minimum absolute atomic E-state index is 0.154. The lowest BCUT2D eigenvalue weighted by molar-refractivity contribution is -0.137. The lowest BCUT2D eigenvalue weighted by atomic mass is 10.1. The monoisotopic (exact) mass is 457 g/mol. The number of anilines is 2. The second-order valence-electron chi connectivity index (χ2n) is 7.34. The van der Waals surface area contributed by atoms with Crippen LogP contribution in [0.5, 0.6) is 0 Å². The number of nitrogens with zero attached hydrogens (tertiary/aromatic N) is 6. The Bertz CT molecular complexity index is 1140. The summed E-state index contributed by atoms with van der Waals surface area (Å²) in [6.45, 7) is 8.86. The zero-order chi connectivity index (χ0) is 24.0. The van der Waals surface area contributed by atoms with Crippen LogP contribution >= 0.6 is 0 Å². The maximum absolute atomic E-state index is 13.2. The summed E-state index contributed by atoms with van der Waals surface area (Å²) in [5.74, 6) is 0.976. The van der Waals surface area contributed by atoms with Crippen molar-refractivity contribution in [2.24, 2.45) is 7.05 Å². The molecule has 1 N–H and O–H groups in total. The van der Waals surface area contributed by atoms with Crippen LogP contribution in [-0.2, 0) is 26.3 Å². The Morgan fingerprint density at radius 1 is 1.21 bits per heavy atom.